The van der Waals surface area contributed by atoms with E-state index < -0.39 is 11.6 Å². The maximum absolute atomic E-state index is 13.3. The Balaban J connectivity index is 1.57. The average molecular weight is 305 g/mol. The molecule has 1 saturated heterocycles. The molecule has 0 bridgehead atoms. The molecular formula is C15H13F2N3O2. The van der Waals surface area contributed by atoms with E-state index in [9.17, 15) is 13.6 Å². The number of halogens is 2. The van der Waals surface area contributed by atoms with Gasteiger partial charge in [0.25, 0.3) is 0 Å². The number of carbonyl (C=O) groups excluding carboxylic acids is 1. The van der Waals surface area contributed by atoms with E-state index >= 15 is 0 Å². The van der Waals surface area contributed by atoms with Crippen molar-refractivity contribution in [1.82, 2.24) is 10.1 Å². The van der Waals surface area contributed by atoms with Crippen LogP contribution in [0.2, 0.25) is 0 Å². The van der Waals surface area contributed by atoms with Crippen LogP contribution in [-0.4, -0.2) is 22.6 Å². The van der Waals surface area contributed by atoms with E-state index in [1.807, 2.05) is 0 Å². The van der Waals surface area contributed by atoms with Gasteiger partial charge < -0.3 is 9.42 Å². The lowest BCUT2D eigenvalue weighted by Gasteiger charge is -2.16. The summed E-state index contributed by atoms with van der Waals surface area (Å²) in [5.74, 6) is -0.365. The summed E-state index contributed by atoms with van der Waals surface area (Å²) >= 11 is 0. The van der Waals surface area contributed by atoms with E-state index in [0.717, 1.165) is 31.0 Å². The SMILES string of the molecule is O=C1CC(c2nc(C3CC3)no2)CN1c1cc(F)cc(F)c1. The number of hydrogen-bond donors (Lipinski definition) is 0. The molecule has 22 heavy (non-hydrogen) atoms. The zero-order valence-corrected chi connectivity index (χ0v) is 11.6. The molecule has 5 nitrogen and oxygen atoms in total. The highest BCUT2D eigenvalue weighted by atomic mass is 19.1. The van der Waals surface area contributed by atoms with Gasteiger partial charge in [-0.15, -0.1) is 0 Å². The summed E-state index contributed by atoms with van der Waals surface area (Å²) in [6, 6.07) is 3.07. The third kappa shape index (κ3) is 2.36. The minimum absolute atomic E-state index is 0.199. The Labute approximate surface area is 124 Å². The molecule has 2 fully saturated rings. The molecule has 1 aliphatic heterocycles. The predicted octanol–water partition coefficient (Wildman–Crippen LogP) is 2.75. The first-order valence-electron chi connectivity index (χ1n) is 7.20. The molecule has 0 N–H and O–H groups in total. The maximum Gasteiger partial charge on any atom is 0.232 e. The van der Waals surface area contributed by atoms with E-state index in [4.69, 9.17) is 4.52 Å². The number of benzene rings is 1. The number of aromatic nitrogens is 2. The molecule has 1 saturated carbocycles. The largest absolute Gasteiger partial charge is 0.339 e. The molecule has 1 aromatic heterocycles. The average Bonchev–Trinajstić information content (AvgIpc) is 3.06. The van der Waals surface area contributed by atoms with Gasteiger partial charge in [0.15, 0.2) is 5.82 Å². The Kier molecular flexibility index (Phi) is 2.95. The summed E-state index contributed by atoms with van der Waals surface area (Å²) in [5.41, 5.74) is 0.215. The lowest BCUT2D eigenvalue weighted by atomic mass is 10.1. The Morgan fingerprint density at radius 1 is 1.14 bits per heavy atom. The highest BCUT2D eigenvalue weighted by molar-refractivity contribution is 5.96. The van der Waals surface area contributed by atoms with Gasteiger partial charge in [-0.3, -0.25) is 4.79 Å². The first kappa shape index (κ1) is 13.4. The second-order valence-electron chi connectivity index (χ2n) is 5.80. The molecule has 1 atom stereocenters. The topological polar surface area (TPSA) is 59.2 Å². The first-order valence-corrected chi connectivity index (χ1v) is 7.20. The fraction of sp³-hybridized carbons (Fsp3) is 0.400. The number of anilines is 1. The normalized spacial score (nSPS) is 21.6. The molecular weight excluding hydrogens is 292 g/mol. The van der Waals surface area contributed by atoms with Crippen molar-refractivity contribution in [2.24, 2.45) is 0 Å². The molecule has 2 heterocycles. The first-order chi connectivity index (χ1) is 10.6. The third-order valence-corrected chi connectivity index (χ3v) is 4.03. The molecule has 1 amide bonds. The van der Waals surface area contributed by atoms with Crippen LogP contribution in [0.3, 0.4) is 0 Å². The van der Waals surface area contributed by atoms with E-state index in [-0.39, 0.29) is 30.5 Å². The van der Waals surface area contributed by atoms with Crippen molar-refractivity contribution in [3.05, 3.63) is 41.5 Å². The highest BCUT2D eigenvalue weighted by Gasteiger charge is 2.37. The third-order valence-electron chi connectivity index (χ3n) is 4.03. The molecule has 2 aliphatic rings. The summed E-state index contributed by atoms with van der Waals surface area (Å²) in [6.45, 7) is 0.286. The lowest BCUT2D eigenvalue weighted by molar-refractivity contribution is -0.117. The van der Waals surface area contributed by atoms with Crippen molar-refractivity contribution in [1.29, 1.82) is 0 Å². The van der Waals surface area contributed by atoms with Gasteiger partial charge in [0.2, 0.25) is 11.8 Å². The van der Waals surface area contributed by atoms with Gasteiger partial charge in [0, 0.05) is 30.6 Å². The van der Waals surface area contributed by atoms with E-state index in [1.54, 1.807) is 0 Å². The summed E-state index contributed by atoms with van der Waals surface area (Å²) < 4.78 is 31.9. The van der Waals surface area contributed by atoms with Crippen LogP contribution < -0.4 is 4.90 Å². The van der Waals surface area contributed by atoms with Crippen LogP contribution >= 0.6 is 0 Å². The van der Waals surface area contributed by atoms with Crippen molar-refractivity contribution in [2.45, 2.75) is 31.1 Å². The molecule has 7 heteroatoms. The fourth-order valence-electron chi connectivity index (χ4n) is 2.74. The standard InChI is InChI=1S/C15H13F2N3O2/c16-10-4-11(17)6-12(5-10)20-7-9(3-13(20)21)15-18-14(19-22-15)8-1-2-8/h4-6,8-9H,1-3,7H2. The van der Waals surface area contributed by atoms with Gasteiger partial charge in [-0.05, 0) is 25.0 Å². The number of hydrogen-bond acceptors (Lipinski definition) is 4. The molecule has 114 valence electrons. The van der Waals surface area contributed by atoms with Gasteiger partial charge in [-0.1, -0.05) is 5.16 Å². The van der Waals surface area contributed by atoms with E-state index in [0.29, 0.717) is 17.6 Å². The van der Waals surface area contributed by atoms with Crippen LogP contribution in [0.15, 0.2) is 22.7 Å². The molecule has 0 spiro atoms. The van der Waals surface area contributed by atoms with Gasteiger partial charge in [0.05, 0.1) is 5.92 Å². The maximum atomic E-state index is 13.3. The Morgan fingerprint density at radius 2 is 1.86 bits per heavy atom. The monoisotopic (exact) mass is 305 g/mol. The fourth-order valence-corrected chi connectivity index (χ4v) is 2.74. The van der Waals surface area contributed by atoms with Crippen LogP contribution in [0.4, 0.5) is 14.5 Å². The number of amides is 1. The number of rotatable bonds is 3. The molecule has 2 aromatic rings. The van der Waals surface area contributed by atoms with Crippen molar-refractivity contribution in [3.8, 4) is 0 Å². The molecule has 4 rings (SSSR count). The minimum Gasteiger partial charge on any atom is -0.339 e. The summed E-state index contributed by atoms with van der Waals surface area (Å²) in [7, 11) is 0. The predicted molar refractivity (Wildman–Crippen MR) is 72.3 cm³/mol. The van der Waals surface area contributed by atoms with Crippen molar-refractivity contribution in [2.75, 3.05) is 11.4 Å². The number of nitrogens with zero attached hydrogens (tertiary/aromatic N) is 3. The van der Waals surface area contributed by atoms with E-state index in [2.05, 4.69) is 10.1 Å². The molecule has 1 aliphatic carbocycles. The van der Waals surface area contributed by atoms with Crippen LogP contribution in [0, 0.1) is 11.6 Å². The Hall–Kier alpha value is -2.31. The molecule has 1 unspecified atom stereocenters. The smallest absolute Gasteiger partial charge is 0.232 e. The van der Waals surface area contributed by atoms with Crippen LogP contribution in [0.5, 0.6) is 0 Å². The Bertz CT molecular complexity index is 722. The second kappa shape index (κ2) is 4.86. The molecule has 1 aromatic carbocycles. The minimum atomic E-state index is -0.708. The van der Waals surface area contributed by atoms with E-state index in [1.165, 1.54) is 4.90 Å². The lowest BCUT2D eigenvalue weighted by Crippen LogP contribution is -2.24. The van der Waals surface area contributed by atoms with Crippen LogP contribution in [-0.2, 0) is 4.79 Å². The number of carbonyl (C=O) groups is 1. The zero-order valence-electron chi connectivity index (χ0n) is 11.6. The van der Waals surface area contributed by atoms with Gasteiger partial charge in [-0.25, -0.2) is 8.78 Å². The summed E-state index contributed by atoms with van der Waals surface area (Å²) in [5, 5.41) is 3.94. The quantitative estimate of drug-likeness (QED) is 0.875. The van der Waals surface area contributed by atoms with Crippen molar-refractivity contribution >= 4 is 11.6 Å². The summed E-state index contributed by atoms with van der Waals surface area (Å²) in [6.07, 6.45) is 2.33. The van der Waals surface area contributed by atoms with Gasteiger partial charge in [-0.2, -0.15) is 4.98 Å². The van der Waals surface area contributed by atoms with Crippen LogP contribution in [0.25, 0.3) is 0 Å². The molecule has 0 radical (unpaired) electrons. The van der Waals surface area contributed by atoms with Crippen molar-refractivity contribution < 1.29 is 18.1 Å². The van der Waals surface area contributed by atoms with Crippen molar-refractivity contribution in [3.63, 3.8) is 0 Å². The Morgan fingerprint density at radius 3 is 2.55 bits per heavy atom. The van der Waals surface area contributed by atoms with Crippen LogP contribution in [0.1, 0.15) is 42.8 Å². The van der Waals surface area contributed by atoms with Gasteiger partial charge >= 0.3 is 0 Å². The highest BCUT2D eigenvalue weighted by Crippen LogP contribution is 2.39. The zero-order chi connectivity index (χ0) is 15.3. The van der Waals surface area contributed by atoms with Gasteiger partial charge in [0.1, 0.15) is 11.6 Å². The summed E-state index contributed by atoms with van der Waals surface area (Å²) in [4.78, 5) is 17.8. The second-order valence-corrected chi connectivity index (χ2v) is 5.80.